The van der Waals surface area contributed by atoms with Gasteiger partial charge in [0.2, 0.25) is 10.0 Å². The maximum Gasteiger partial charge on any atom is 0.220 e. The Labute approximate surface area is 154 Å². The molecule has 1 aromatic heterocycles. The van der Waals surface area contributed by atoms with Gasteiger partial charge in [-0.2, -0.15) is 4.31 Å². The smallest absolute Gasteiger partial charge is 0.220 e. The molecule has 0 aliphatic carbocycles. The molecule has 1 fully saturated rings. The van der Waals surface area contributed by atoms with Crippen LogP contribution in [0.4, 0.5) is 0 Å². The van der Waals surface area contributed by atoms with E-state index < -0.39 is 10.0 Å². The topological polar surface area (TPSA) is 110 Å². The Morgan fingerprint density at radius 1 is 1.31 bits per heavy atom. The van der Waals surface area contributed by atoms with Gasteiger partial charge < -0.3 is 24.2 Å². The van der Waals surface area contributed by atoms with Crippen LogP contribution in [0.2, 0.25) is 0 Å². The van der Waals surface area contributed by atoms with E-state index in [1.54, 1.807) is 20.2 Å². The molecule has 1 saturated heterocycles. The first-order valence-electron chi connectivity index (χ1n) is 8.46. The molecule has 2 heterocycles. The van der Waals surface area contributed by atoms with E-state index in [1.807, 2.05) is 4.90 Å². The van der Waals surface area contributed by atoms with E-state index in [-0.39, 0.29) is 5.75 Å². The number of rotatable bonds is 9. The lowest BCUT2D eigenvalue weighted by Gasteiger charge is -2.35. The van der Waals surface area contributed by atoms with Crippen LogP contribution in [0.15, 0.2) is 21.8 Å². The molecule has 1 N–H and O–H groups in total. The molecule has 0 spiro atoms. The molecule has 0 unspecified atom stereocenters. The zero-order valence-electron chi connectivity index (χ0n) is 15.3. The Hall–Kier alpha value is -1.69. The molecule has 0 saturated carbocycles. The summed E-state index contributed by atoms with van der Waals surface area (Å²) in [6.45, 7) is 4.26. The summed E-state index contributed by atoms with van der Waals surface area (Å²) < 4.78 is 41.4. The summed E-state index contributed by atoms with van der Waals surface area (Å²) in [5, 5.41) is 6.90. The molecular weight excluding hydrogens is 362 g/mol. The van der Waals surface area contributed by atoms with Gasteiger partial charge in [0.05, 0.1) is 25.5 Å². The van der Waals surface area contributed by atoms with Gasteiger partial charge in [-0.1, -0.05) is 5.16 Å². The maximum absolute atomic E-state index is 12.4. The van der Waals surface area contributed by atoms with E-state index in [2.05, 4.69) is 15.5 Å². The van der Waals surface area contributed by atoms with Gasteiger partial charge in [-0.15, -0.1) is 0 Å². The molecule has 0 bridgehead atoms. The molecule has 148 valence electrons. The van der Waals surface area contributed by atoms with Crippen molar-refractivity contribution in [1.82, 2.24) is 19.7 Å². The molecule has 1 aliphatic heterocycles. The van der Waals surface area contributed by atoms with Crippen molar-refractivity contribution in [3.8, 4) is 0 Å². The number of aliphatic imine (C=N–C) groups is 1. The Bertz CT molecular complexity index is 641. The zero-order chi connectivity index (χ0) is 18.8. The highest BCUT2D eigenvalue weighted by Crippen LogP contribution is 2.12. The van der Waals surface area contributed by atoms with Crippen molar-refractivity contribution >= 4 is 16.0 Å². The zero-order valence-corrected chi connectivity index (χ0v) is 16.1. The Kier molecular flexibility index (Phi) is 8.29. The van der Waals surface area contributed by atoms with Gasteiger partial charge in [0.1, 0.15) is 12.0 Å². The molecule has 1 aliphatic rings. The van der Waals surface area contributed by atoms with E-state index >= 15 is 0 Å². The fourth-order valence-corrected chi connectivity index (χ4v) is 4.00. The van der Waals surface area contributed by atoms with Gasteiger partial charge >= 0.3 is 0 Å². The maximum atomic E-state index is 12.4. The van der Waals surface area contributed by atoms with Crippen molar-refractivity contribution in [2.45, 2.75) is 5.75 Å². The molecule has 10 nitrogen and oxygen atoms in total. The summed E-state index contributed by atoms with van der Waals surface area (Å²) in [6, 6.07) is 1.56. The van der Waals surface area contributed by atoms with E-state index in [4.69, 9.17) is 14.0 Å². The summed E-state index contributed by atoms with van der Waals surface area (Å²) >= 11 is 0. The second-order valence-electron chi connectivity index (χ2n) is 5.71. The summed E-state index contributed by atoms with van der Waals surface area (Å²) in [5.74, 6) is 0.601. The van der Waals surface area contributed by atoms with Gasteiger partial charge in [-0.05, 0) is 0 Å². The lowest BCUT2D eigenvalue weighted by molar-refractivity contribution is 0.0730. The third kappa shape index (κ3) is 6.24. The number of aromatic nitrogens is 1. The highest BCUT2D eigenvalue weighted by atomic mass is 32.2. The van der Waals surface area contributed by atoms with Crippen LogP contribution in [0.1, 0.15) is 5.69 Å². The van der Waals surface area contributed by atoms with Crippen molar-refractivity contribution < 1.29 is 22.4 Å². The van der Waals surface area contributed by atoms with Crippen LogP contribution in [-0.4, -0.2) is 95.4 Å². The average Bonchev–Trinajstić information content (AvgIpc) is 3.14. The predicted octanol–water partition coefficient (Wildman–Crippen LogP) is -0.640. The first kappa shape index (κ1) is 20.6. The van der Waals surface area contributed by atoms with E-state index in [0.29, 0.717) is 58.2 Å². The van der Waals surface area contributed by atoms with Crippen LogP contribution in [-0.2, 0) is 25.2 Å². The number of hydrogen-bond acceptors (Lipinski definition) is 7. The van der Waals surface area contributed by atoms with Crippen LogP contribution in [0.5, 0.6) is 0 Å². The molecule has 0 radical (unpaired) electrons. The normalized spacial score (nSPS) is 16.8. The lowest BCUT2D eigenvalue weighted by Crippen LogP contribution is -2.54. The number of nitrogens with one attached hydrogen (secondary N) is 1. The van der Waals surface area contributed by atoms with Crippen LogP contribution >= 0.6 is 0 Å². The fourth-order valence-electron chi connectivity index (χ4n) is 2.58. The molecule has 1 aromatic rings. The Balaban J connectivity index is 1.75. The summed E-state index contributed by atoms with van der Waals surface area (Å²) in [7, 11) is -0.0558. The Morgan fingerprint density at radius 2 is 2.08 bits per heavy atom. The van der Waals surface area contributed by atoms with Crippen molar-refractivity contribution in [2.75, 3.05) is 66.7 Å². The van der Waals surface area contributed by atoms with Crippen LogP contribution < -0.4 is 5.32 Å². The number of sulfonamides is 1. The molecule has 0 amide bonds. The van der Waals surface area contributed by atoms with Crippen molar-refractivity contribution in [2.24, 2.45) is 4.99 Å². The quantitative estimate of drug-likeness (QED) is 0.337. The minimum atomic E-state index is -3.40. The van der Waals surface area contributed by atoms with Gasteiger partial charge in [0.25, 0.3) is 0 Å². The molecule has 0 aromatic carbocycles. The van der Waals surface area contributed by atoms with Crippen molar-refractivity contribution in [1.29, 1.82) is 0 Å². The van der Waals surface area contributed by atoms with Crippen LogP contribution in [0, 0.1) is 0 Å². The van der Waals surface area contributed by atoms with Gasteiger partial charge in [0.15, 0.2) is 5.96 Å². The Morgan fingerprint density at radius 3 is 2.69 bits per heavy atom. The van der Waals surface area contributed by atoms with Crippen LogP contribution in [0.25, 0.3) is 0 Å². The molecule has 11 heteroatoms. The van der Waals surface area contributed by atoms with Gasteiger partial charge in [-0.25, -0.2) is 8.42 Å². The number of piperazine rings is 1. The first-order valence-corrected chi connectivity index (χ1v) is 10.1. The highest BCUT2D eigenvalue weighted by molar-refractivity contribution is 7.88. The minimum absolute atomic E-state index is 0.144. The van der Waals surface area contributed by atoms with Crippen molar-refractivity contribution in [3.63, 3.8) is 0 Å². The molecule has 26 heavy (non-hydrogen) atoms. The van der Waals surface area contributed by atoms with Crippen molar-refractivity contribution in [3.05, 3.63) is 18.0 Å². The third-order valence-electron chi connectivity index (χ3n) is 3.93. The number of methoxy groups -OCH3 is 1. The molecular formula is C15H27N5O5S. The second kappa shape index (κ2) is 10.5. The van der Waals surface area contributed by atoms with Gasteiger partial charge in [-0.3, -0.25) is 4.99 Å². The molecule has 2 rings (SSSR count). The standard InChI is InChI=1S/C15H27N5O5S/c1-16-15(17-4-10-24-12-11-23-2)19-5-7-20(8-6-19)26(21,22)13-14-3-9-25-18-14/h3,9H,4-8,10-13H2,1-2H3,(H,16,17). The summed E-state index contributed by atoms with van der Waals surface area (Å²) in [6.07, 6.45) is 1.37. The predicted molar refractivity (Wildman–Crippen MR) is 96.3 cm³/mol. The molecule has 0 atom stereocenters. The first-order chi connectivity index (χ1) is 12.6. The van der Waals surface area contributed by atoms with Crippen LogP contribution in [0.3, 0.4) is 0 Å². The number of guanidine groups is 1. The minimum Gasteiger partial charge on any atom is -0.382 e. The monoisotopic (exact) mass is 389 g/mol. The third-order valence-corrected chi connectivity index (χ3v) is 5.74. The number of ether oxygens (including phenoxy) is 2. The summed E-state index contributed by atoms with van der Waals surface area (Å²) in [5.41, 5.74) is 0.415. The van der Waals surface area contributed by atoms with Gasteiger partial charge in [0, 0.05) is 52.9 Å². The fraction of sp³-hybridized carbons (Fsp3) is 0.733. The second-order valence-corrected chi connectivity index (χ2v) is 7.68. The number of nitrogens with zero attached hydrogens (tertiary/aromatic N) is 4. The average molecular weight is 389 g/mol. The van der Waals surface area contributed by atoms with E-state index in [1.165, 1.54) is 10.6 Å². The lowest BCUT2D eigenvalue weighted by atomic mass is 10.4. The van der Waals surface area contributed by atoms with E-state index in [0.717, 1.165) is 5.96 Å². The SMILES string of the molecule is CN=C(NCCOCCOC)N1CCN(S(=O)(=O)Cc2ccon2)CC1. The number of hydrogen-bond donors (Lipinski definition) is 1. The summed E-state index contributed by atoms with van der Waals surface area (Å²) in [4.78, 5) is 6.29. The largest absolute Gasteiger partial charge is 0.382 e. The van der Waals surface area contributed by atoms with E-state index in [9.17, 15) is 8.42 Å². The highest BCUT2D eigenvalue weighted by Gasteiger charge is 2.28.